The first-order chi connectivity index (χ1) is 11.2. The van der Waals surface area contributed by atoms with Crippen molar-refractivity contribution in [3.05, 3.63) is 47.7 Å². The number of ether oxygens (including phenoxy) is 3. The summed E-state index contributed by atoms with van der Waals surface area (Å²) in [5, 5.41) is 3.50. The largest absolute Gasteiger partial charge is 0.497 e. The molecule has 130 valence electrons. The molecule has 1 aliphatic heterocycles. The zero-order chi connectivity index (χ0) is 16.2. The molecule has 5 heteroatoms. The number of hydrogen-bond donors (Lipinski definition) is 1. The van der Waals surface area contributed by atoms with Crippen LogP contribution in [0, 0.1) is 5.92 Å². The van der Waals surface area contributed by atoms with Crippen LogP contribution < -0.4 is 14.8 Å². The van der Waals surface area contributed by atoms with Crippen molar-refractivity contribution in [2.75, 3.05) is 21.3 Å². The molecule has 0 radical (unpaired) electrons. The third-order valence-electron chi connectivity index (χ3n) is 5.85. The number of benzene rings is 1. The maximum absolute atomic E-state index is 6.40. The second kappa shape index (κ2) is 6.01. The summed E-state index contributed by atoms with van der Waals surface area (Å²) in [6.45, 7) is 4.20. The fraction of sp³-hybridized carbons (Fsp3) is 0.474. The second-order valence-electron chi connectivity index (χ2n) is 6.52. The highest BCUT2D eigenvalue weighted by Crippen LogP contribution is 2.60. The number of hydrogen-bond acceptors (Lipinski definition) is 4. The van der Waals surface area contributed by atoms with E-state index in [2.05, 4.69) is 30.1 Å². The van der Waals surface area contributed by atoms with E-state index in [1.54, 1.807) is 14.2 Å². The van der Waals surface area contributed by atoms with E-state index in [0.29, 0.717) is 12.0 Å². The van der Waals surface area contributed by atoms with Gasteiger partial charge >= 0.3 is 0 Å². The quantitative estimate of drug-likeness (QED) is 0.848. The van der Waals surface area contributed by atoms with Crippen LogP contribution in [-0.2, 0) is 16.6 Å². The Bertz CT molecular complexity index is 702. The zero-order valence-corrected chi connectivity index (χ0v) is 15.1. The molecule has 4 atom stereocenters. The molecule has 4 rings (SSSR count). The lowest BCUT2D eigenvalue weighted by molar-refractivity contribution is 0.0677. The van der Waals surface area contributed by atoms with Crippen LogP contribution in [0.5, 0.6) is 11.5 Å². The van der Waals surface area contributed by atoms with Gasteiger partial charge in [-0.3, -0.25) is 0 Å². The Morgan fingerprint density at radius 2 is 2.12 bits per heavy atom. The smallest absolute Gasteiger partial charge is 0.169 e. The highest BCUT2D eigenvalue weighted by molar-refractivity contribution is 5.85. The minimum absolute atomic E-state index is 0. The van der Waals surface area contributed by atoms with Crippen molar-refractivity contribution in [3.63, 3.8) is 0 Å². The van der Waals surface area contributed by atoms with Gasteiger partial charge in [0.05, 0.1) is 19.6 Å². The Hall–Kier alpha value is -1.65. The van der Waals surface area contributed by atoms with E-state index >= 15 is 0 Å². The number of rotatable bonds is 4. The minimum Gasteiger partial charge on any atom is -0.497 e. The standard InChI is InChI=1S/C19H23NO3.ClH/c1-5-19-12-7-9-15(22-4)18(19)23-17-14(21-3)8-6-11(16(17)19)10-13(12)20-2;/h5-6,8-9,12-13,18,20H,1,7,10H2,2-4H3;1H. The maximum Gasteiger partial charge on any atom is 0.169 e. The Labute approximate surface area is 149 Å². The van der Waals surface area contributed by atoms with E-state index in [1.165, 1.54) is 11.1 Å². The summed E-state index contributed by atoms with van der Waals surface area (Å²) in [6.07, 6.45) is 6.04. The molecular weight excluding hydrogens is 326 g/mol. The molecular formula is C19H24ClNO3. The molecule has 4 unspecified atom stereocenters. The molecule has 0 aromatic heterocycles. The topological polar surface area (TPSA) is 39.7 Å². The molecule has 0 fully saturated rings. The Morgan fingerprint density at radius 1 is 1.33 bits per heavy atom. The van der Waals surface area contributed by atoms with Gasteiger partial charge in [-0.2, -0.15) is 0 Å². The maximum atomic E-state index is 6.40. The van der Waals surface area contributed by atoms with Gasteiger partial charge in [0.1, 0.15) is 5.76 Å². The molecule has 3 aliphatic rings. The van der Waals surface area contributed by atoms with Crippen molar-refractivity contribution >= 4 is 12.4 Å². The first kappa shape index (κ1) is 17.2. The highest BCUT2D eigenvalue weighted by Gasteiger charge is 2.61. The molecule has 1 N–H and O–H groups in total. The van der Waals surface area contributed by atoms with Crippen LogP contribution in [0.3, 0.4) is 0 Å². The van der Waals surface area contributed by atoms with Crippen LogP contribution in [0.15, 0.2) is 36.6 Å². The van der Waals surface area contributed by atoms with Crippen LogP contribution in [0.25, 0.3) is 0 Å². The summed E-state index contributed by atoms with van der Waals surface area (Å²) in [5.41, 5.74) is 2.30. The van der Waals surface area contributed by atoms with Crippen molar-refractivity contribution in [2.45, 2.75) is 30.4 Å². The highest BCUT2D eigenvalue weighted by atomic mass is 35.5. The Kier molecular flexibility index (Phi) is 4.30. The molecule has 0 amide bonds. The summed E-state index contributed by atoms with van der Waals surface area (Å²) >= 11 is 0. The SMILES string of the molecule is C=CC12c3c4ccc(OC)c3OC1C(OC)=CCC2C(NC)C4.Cl. The van der Waals surface area contributed by atoms with Crippen LogP contribution in [-0.4, -0.2) is 33.4 Å². The van der Waals surface area contributed by atoms with Crippen molar-refractivity contribution < 1.29 is 14.2 Å². The van der Waals surface area contributed by atoms with Crippen molar-refractivity contribution in [2.24, 2.45) is 5.92 Å². The van der Waals surface area contributed by atoms with E-state index in [-0.39, 0.29) is 23.9 Å². The summed E-state index contributed by atoms with van der Waals surface area (Å²) in [4.78, 5) is 0. The van der Waals surface area contributed by atoms with E-state index in [1.807, 2.05) is 13.1 Å². The third kappa shape index (κ3) is 1.90. The number of halogens is 1. The molecule has 1 aromatic carbocycles. The van der Waals surface area contributed by atoms with Crippen LogP contribution in [0.2, 0.25) is 0 Å². The average molecular weight is 350 g/mol. The van der Waals surface area contributed by atoms with Crippen LogP contribution in [0.4, 0.5) is 0 Å². The monoisotopic (exact) mass is 349 g/mol. The van der Waals surface area contributed by atoms with Gasteiger partial charge < -0.3 is 19.5 Å². The third-order valence-corrected chi connectivity index (χ3v) is 5.85. The number of nitrogens with one attached hydrogen (secondary N) is 1. The second-order valence-corrected chi connectivity index (χ2v) is 6.52. The molecule has 0 saturated heterocycles. The summed E-state index contributed by atoms with van der Waals surface area (Å²) in [6, 6.07) is 4.56. The molecule has 1 heterocycles. The molecule has 1 aromatic rings. The van der Waals surface area contributed by atoms with E-state index < -0.39 is 0 Å². The minimum atomic E-state index is -0.259. The molecule has 4 nitrogen and oxygen atoms in total. The lowest BCUT2D eigenvalue weighted by atomic mass is 9.56. The van der Waals surface area contributed by atoms with Crippen LogP contribution in [0.1, 0.15) is 17.5 Å². The molecule has 24 heavy (non-hydrogen) atoms. The lowest BCUT2D eigenvalue weighted by Gasteiger charge is -2.48. The van der Waals surface area contributed by atoms with Crippen molar-refractivity contribution in [1.29, 1.82) is 0 Å². The van der Waals surface area contributed by atoms with Crippen LogP contribution >= 0.6 is 12.4 Å². The first-order valence-electron chi connectivity index (χ1n) is 8.13. The predicted octanol–water partition coefficient (Wildman–Crippen LogP) is 3.00. The van der Waals surface area contributed by atoms with E-state index in [4.69, 9.17) is 14.2 Å². The van der Waals surface area contributed by atoms with Gasteiger partial charge in [0.15, 0.2) is 17.6 Å². The van der Waals surface area contributed by atoms with Gasteiger partial charge in [-0.15, -0.1) is 19.0 Å². The van der Waals surface area contributed by atoms with Crippen molar-refractivity contribution in [1.82, 2.24) is 5.32 Å². The normalized spacial score (nSPS) is 32.0. The van der Waals surface area contributed by atoms with Crippen molar-refractivity contribution in [3.8, 4) is 11.5 Å². The molecule has 0 bridgehead atoms. The molecule has 0 spiro atoms. The number of likely N-dealkylation sites (N-methyl/N-ethyl adjacent to an activating group) is 1. The Morgan fingerprint density at radius 3 is 2.75 bits per heavy atom. The van der Waals surface area contributed by atoms with E-state index in [9.17, 15) is 0 Å². The first-order valence-corrected chi connectivity index (χ1v) is 8.13. The fourth-order valence-corrected chi connectivity index (χ4v) is 4.82. The molecule has 2 aliphatic carbocycles. The summed E-state index contributed by atoms with van der Waals surface area (Å²) in [7, 11) is 5.44. The van der Waals surface area contributed by atoms with Gasteiger partial charge in [0.2, 0.25) is 0 Å². The van der Waals surface area contributed by atoms with Gasteiger partial charge in [0, 0.05) is 11.6 Å². The van der Waals surface area contributed by atoms with E-state index in [0.717, 1.165) is 30.1 Å². The summed E-state index contributed by atoms with van der Waals surface area (Å²) < 4.78 is 17.6. The summed E-state index contributed by atoms with van der Waals surface area (Å²) in [5.74, 6) is 2.94. The number of methoxy groups -OCH3 is 2. The molecule has 0 saturated carbocycles. The van der Waals surface area contributed by atoms with Gasteiger partial charge in [-0.1, -0.05) is 12.1 Å². The van der Waals surface area contributed by atoms with Gasteiger partial charge in [-0.25, -0.2) is 0 Å². The fourth-order valence-electron chi connectivity index (χ4n) is 4.82. The lowest BCUT2D eigenvalue weighted by Crippen LogP contribution is -2.57. The zero-order valence-electron chi connectivity index (χ0n) is 14.3. The van der Waals surface area contributed by atoms with Gasteiger partial charge in [-0.05, 0) is 43.5 Å². The predicted molar refractivity (Wildman–Crippen MR) is 96.3 cm³/mol. The Balaban J connectivity index is 0.00000169. The average Bonchev–Trinajstić information content (AvgIpc) is 2.96. The number of allylic oxidation sites excluding steroid dienone is 1. The van der Waals surface area contributed by atoms with Gasteiger partial charge in [0.25, 0.3) is 0 Å².